The first-order valence-corrected chi connectivity index (χ1v) is 10.1. The molecule has 7 nitrogen and oxygen atoms in total. The molecule has 3 rings (SSSR count). The van der Waals surface area contributed by atoms with Gasteiger partial charge in [-0.1, -0.05) is 41.9 Å². The lowest BCUT2D eigenvalue weighted by atomic mass is 10.00. The van der Waals surface area contributed by atoms with Crippen LogP contribution in [0.3, 0.4) is 0 Å². The molecule has 0 bridgehead atoms. The van der Waals surface area contributed by atoms with Gasteiger partial charge < -0.3 is 10.6 Å². The van der Waals surface area contributed by atoms with Crippen LogP contribution in [-0.2, 0) is 20.9 Å². The number of amides is 3. The summed E-state index contributed by atoms with van der Waals surface area (Å²) in [6, 6.07) is 6.89. The summed E-state index contributed by atoms with van der Waals surface area (Å²) in [7, 11) is 0. The van der Waals surface area contributed by atoms with Crippen LogP contribution in [0.4, 0.5) is 10.2 Å². The number of carbonyl (C=O) groups excluding carboxylic acids is 3. The van der Waals surface area contributed by atoms with Crippen molar-refractivity contribution in [3.05, 3.63) is 70.1 Å². The number of hydrogen-bond acceptors (Lipinski definition) is 4. The number of hydrogen-bond donors (Lipinski definition) is 1. The summed E-state index contributed by atoms with van der Waals surface area (Å²) in [5, 5.41) is 0.602. The predicted octanol–water partition coefficient (Wildman–Crippen LogP) is 3.09. The van der Waals surface area contributed by atoms with E-state index in [0.29, 0.717) is 5.02 Å². The van der Waals surface area contributed by atoms with Crippen molar-refractivity contribution in [1.82, 2.24) is 9.88 Å². The number of pyridine rings is 1. The molecule has 10 heteroatoms. The Morgan fingerprint density at radius 1 is 1.23 bits per heavy atom. The standard InChI is InChI=1S/C21H19Cl2FN4O3/c1-12(19(25)30)2-7-17-21(31)28(20-16(24)8-15(23)9-26-20)11-18(29)27(17)10-13-3-5-14(22)6-4-13/h3-6,8-9,17H,1-2,7,10-11H2,(H2,25,30)/t17-/m1/s1. The highest BCUT2D eigenvalue weighted by Crippen LogP contribution is 2.27. The van der Waals surface area contributed by atoms with E-state index in [1.165, 1.54) is 11.1 Å². The number of anilines is 1. The van der Waals surface area contributed by atoms with Crippen LogP contribution in [0, 0.1) is 5.82 Å². The summed E-state index contributed by atoms with van der Waals surface area (Å²) in [5.41, 5.74) is 6.12. The van der Waals surface area contributed by atoms with Crippen LogP contribution in [0.25, 0.3) is 0 Å². The van der Waals surface area contributed by atoms with E-state index in [-0.39, 0.29) is 42.3 Å². The van der Waals surface area contributed by atoms with E-state index in [1.54, 1.807) is 24.3 Å². The highest BCUT2D eigenvalue weighted by atomic mass is 35.5. The normalized spacial score (nSPS) is 16.5. The van der Waals surface area contributed by atoms with Crippen molar-refractivity contribution in [3.63, 3.8) is 0 Å². The zero-order chi connectivity index (χ0) is 22.7. The largest absolute Gasteiger partial charge is 0.366 e. The van der Waals surface area contributed by atoms with Crippen molar-refractivity contribution in [3.8, 4) is 0 Å². The van der Waals surface area contributed by atoms with Gasteiger partial charge in [0.15, 0.2) is 11.6 Å². The molecule has 1 aromatic heterocycles. The van der Waals surface area contributed by atoms with Crippen LogP contribution in [0.5, 0.6) is 0 Å². The second kappa shape index (κ2) is 9.45. The summed E-state index contributed by atoms with van der Waals surface area (Å²) in [6.07, 6.45) is 1.38. The lowest BCUT2D eigenvalue weighted by Gasteiger charge is -2.40. The highest BCUT2D eigenvalue weighted by molar-refractivity contribution is 6.30. The van der Waals surface area contributed by atoms with Gasteiger partial charge in [0.05, 0.1) is 5.02 Å². The Bertz CT molecular complexity index is 1050. The van der Waals surface area contributed by atoms with E-state index < -0.39 is 29.6 Å². The monoisotopic (exact) mass is 464 g/mol. The third kappa shape index (κ3) is 5.21. The van der Waals surface area contributed by atoms with Gasteiger partial charge in [-0.2, -0.15) is 0 Å². The summed E-state index contributed by atoms with van der Waals surface area (Å²) >= 11 is 11.7. The number of nitrogens with zero attached hydrogens (tertiary/aromatic N) is 3. The topological polar surface area (TPSA) is 96.6 Å². The van der Waals surface area contributed by atoms with Crippen LogP contribution < -0.4 is 10.6 Å². The number of benzene rings is 1. The molecule has 0 unspecified atom stereocenters. The second-order valence-corrected chi connectivity index (χ2v) is 7.93. The fourth-order valence-corrected chi connectivity index (χ4v) is 3.55. The maximum absolute atomic E-state index is 14.4. The van der Waals surface area contributed by atoms with Gasteiger partial charge >= 0.3 is 0 Å². The minimum Gasteiger partial charge on any atom is -0.366 e. The first kappa shape index (κ1) is 22.7. The van der Waals surface area contributed by atoms with Crippen LogP contribution in [-0.4, -0.2) is 40.2 Å². The Balaban J connectivity index is 1.91. The van der Waals surface area contributed by atoms with Crippen molar-refractivity contribution in [2.24, 2.45) is 5.73 Å². The molecule has 0 aliphatic carbocycles. The molecule has 2 aromatic rings. The molecule has 31 heavy (non-hydrogen) atoms. The van der Waals surface area contributed by atoms with Gasteiger partial charge in [0.1, 0.15) is 12.6 Å². The Morgan fingerprint density at radius 3 is 2.52 bits per heavy atom. The molecule has 1 aromatic carbocycles. The fourth-order valence-electron chi connectivity index (χ4n) is 3.27. The molecule has 1 fully saturated rings. The van der Waals surface area contributed by atoms with E-state index in [2.05, 4.69) is 11.6 Å². The average Bonchev–Trinajstić information content (AvgIpc) is 2.71. The number of halogens is 3. The number of rotatable bonds is 7. The van der Waals surface area contributed by atoms with Crippen LogP contribution in [0.15, 0.2) is 48.7 Å². The molecule has 0 spiro atoms. The van der Waals surface area contributed by atoms with Gasteiger partial charge in [-0.15, -0.1) is 0 Å². The number of aromatic nitrogens is 1. The second-order valence-electron chi connectivity index (χ2n) is 7.05. The van der Waals surface area contributed by atoms with Gasteiger partial charge in [0, 0.05) is 23.3 Å². The number of piperazine rings is 1. The van der Waals surface area contributed by atoms with Gasteiger partial charge in [-0.05, 0) is 36.6 Å². The molecule has 0 saturated carbocycles. The van der Waals surface area contributed by atoms with Crippen molar-refractivity contribution in [1.29, 1.82) is 0 Å². The van der Waals surface area contributed by atoms with E-state index in [0.717, 1.165) is 16.5 Å². The van der Waals surface area contributed by atoms with Crippen LogP contribution in [0.1, 0.15) is 18.4 Å². The quantitative estimate of drug-likeness (QED) is 0.636. The molecule has 0 radical (unpaired) electrons. The highest BCUT2D eigenvalue weighted by Gasteiger charge is 2.41. The average molecular weight is 465 g/mol. The lowest BCUT2D eigenvalue weighted by Crippen LogP contribution is -2.60. The Morgan fingerprint density at radius 2 is 1.90 bits per heavy atom. The number of primary amides is 1. The van der Waals surface area contributed by atoms with Crippen molar-refractivity contribution in [2.45, 2.75) is 25.4 Å². The zero-order valence-electron chi connectivity index (χ0n) is 16.4. The zero-order valence-corrected chi connectivity index (χ0v) is 17.9. The smallest absolute Gasteiger partial charge is 0.251 e. The molecule has 2 N–H and O–H groups in total. The minimum atomic E-state index is -0.968. The van der Waals surface area contributed by atoms with Crippen LogP contribution in [0.2, 0.25) is 10.0 Å². The van der Waals surface area contributed by atoms with Crippen molar-refractivity contribution >= 4 is 46.7 Å². The molecule has 2 heterocycles. The molecule has 3 amide bonds. The Kier molecular flexibility index (Phi) is 6.92. The molecule has 1 saturated heterocycles. The van der Waals surface area contributed by atoms with Gasteiger partial charge in [-0.3, -0.25) is 19.3 Å². The minimum absolute atomic E-state index is 0.0655. The van der Waals surface area contributed by atoms with E-state index in [4.69, 9.17) is 28.9 Å². The Labute approximate surface area is 188 Å². The maximum atomic E-state index is 14.4. The van der Waals surface area contributed by atoms with Gasteiger partial charge in [-0.25, -0.2) is 9.37 Å². The molecule has 1 aliphatic heterocycles. The molecule has 1 atom stereocenters. The van der Waals surface area contributed by atoms with E-state index >= 15 is 0 Å². The molecule has 162 valence electrons. The molecular weight excluding hydrogens is 446 g/mol. The first-order chi connectivity index (χ1) is 14.7. The van der Waals surface area contributed by atoms with Gasteiger partial charge in [0.2, 0.25) is 11.8 Å². The third-order valence-electron chi connectivity index (χ3n) is 4.92. The third-order valence-corrected chi connectivity index (χ3v) is 5.38. The summed E-state index contributed by atoms with van der Waals surface area (Å²) in [4.78, 5) is 43.9. The predicted molar refractivity (Wildman–Crippen MR) is 115 cm³/mol. The Hall–Kier alpha value is -2.97. The van der Waals surface area contributed by atoms with E-state index in [9.17, 15) is 18.8 Å². The summed E-state index contributed by atoms with van der Waals surface area (Å²) in [6.45, 7) is 3.35. The fraction of sp³-hybridized carbons (Fsp3) is 0.238. The number of nitrogens with two attached hydrogens (primary N) is 1. The first-order valence-electron chi connectivity index (χ1n) is 9.31. The van der Waals surface area contributed by atoms with Crippen molar-refractivity contribution in [2.75, 3.05) is 11.4 Å². The van der Waals surface area contributed by atoms with E-state index in [1.807, 2.05) is 0 Å². The molecule has 1 aliphatic rings. The number of carbonyl (C=O) groups is 3. The summed E-state index contributed by atoms with van der Waals surface area (Å²) < 4.78 is 14.4. The molecular formula is C21H19Cl2FN4O3. The summed E-state index contributed by atoms with van der Waals surface area (Å²) in [5.74, 6) is -2.73. The van der Waals surface area contributed by atoms with Crippen LogP contribution >= 0.6 is 23.2 Å². The SMILES string of the molecule is C=C(CC[C@@H]1C(=O)N(c2ncc(Cl)cc2F)CC(=O)N1Cc1ccc(Cl)cc1)C(N)=O. The van der Waals surface area contributed by atoms with Gasteiger partial charge in [0.25, 0.3) is 5.91 Å². The maximum Gasteiger partial charge on any atom is 0.251 e. The van der Waals surface area contributed by atoms with Crippen molar-refractivity contribution < 1.29 is 18.8 Å². The lowest BCUT2D eigenvalue weighted by molar-refractivity contribution is -0.144.